The monoisotopic (exact) mass is 402 g/mol. The molecule has 2 aliphatic rings. The van der Waals surface area contributed by atoms with Crippen molar-refractivity contribution in [2.24, 2.45) is 5.92 Å². The number of carbonyl (C=O) groups excluding carboxylic acids is 1. The quantitative estimate of drug-likeness (QED) is 0.367. The molecular formula is C17H27N2O7P. The third kappa shape index (κ3) is 6.65. The van der Waals surface area contributed by atoms with Crippen LogP contribution in [0.3, 0.4) is 0 Å². The largest absolute Gasteiger partial charge is 0.469 e. The highest BCUT2D eigenvalue weighted by Gasteiger charge is 2.41. The lowest BCUT2D eigenvalue weighted by Crippen LogP contribution is -2.37. The zero-order chi connectivity index (χ0) is 20.2. The Morgan fingerprint density at radius 1 is 1.52 bits per heavy atom. The molecule has 2 rings (SSSR count). The summed E-state index contributed by atoms with van der Waals surface area (Å²) in [6.07, 6.45) is 3.23. The van der Waals surface area contributed by atoms with Gasteiger partial charge in [0, 0.05) is 36.2 Å². The summed E-state index contributed by atoms with van der Waals surface area (Å²) in [5.74, 6) is -0.632. The molecular weight excluding hydrogens is 375 g/mol. The maximum absolute atomic E-state index is 12.1. The fourth-order valence-corrected chi connectivity index (χ4v) is 3.28. The molecule has 0 saturated carbocycles. The highest BCUT2D eigenvalue weighted by atomic mass is 31.2. The number of hydrogen-bond donors (Lipinski definition) is 5. The second-order valence-corrected chi connectivity index (χ2v) is 8.13. The SMILES string of the molecule is C=C1NC(=O)C(/C=C/CNC(C)C)=CC1C1CC(O)C(COP(=O)(O)O)O1. The van der Waals surface area contributed by atoms with Gasteiger partial charge >= 0.3 is 7.82 Å². The van der Waals surface area contributed by atoms with Crippen LogP contribution in [0.2, 0.25) is 0 Å². The Bertz CT molecular complexity index is 670. The molecule has 2 aliphatic heterocycles. The molecule has 1 fully saturated rings. The molecule has 0 spiro atoms. The van der Waals surface area contributed by atoms with Crippen molar-refractivity contribution >= 4 is 13.7 Å². The predicted octanol–water partition coefficient (Wildman–Crippen LogP) is 0.354. The third-order valence-corrected chi connectivity index (χ3v) is 4.78. The van der Waals surface area contributed by atoms with Gasteiger partial charge in [0.15, 0.2) is 0 Å². The summed E-state index contributed by atoms with van der Waals surface area (Å²) in [7, 11) is -4.64. The molecule has 152 valence electrons. The van der Waals surface area contributed by atoms with Crippen LogP contribution >= 0.6 is 7.82 Å². The van der Waals surface area contributed by atoms with Crippen molar-refractivity contribution in [2.45, 2.75) is 44.6 Å². The summed E-state index contributed by atoms with van der Waals surface area (Å²) in [4.78, 5) is 29.7. The highest BCUT2D eigenvalue weighted by Crippen LogP contribution is 2.38. The van der Waals surface area contributed by atoms with Crippen LogP contribution in [-0.2, 0) is 18.6 Å². The molecule has 0 radical (unpaired) electrons. The van der Waals surface area contributed by atoms with E-state index in [9.17, 15) is 14.5 Å². The van der Waals surface area contributed by atoms with E-state index in [4.69, 9.17) is 14.5 Å². The van der Waals surface area contributed by atoms with Crippen molar-refractivity contribution < 1.29 is 33.5 Å². The molecule has 27 heavy (non-hydrogen) atoms. The van der Waals surface area contributed by atoms with Gasteiger partial charge in [0.1, 0.15) is 6.10 Å². The lowest BCUT2D eigenvalue weighted by Gasteiger charge is -2.27. The number of aliphatic hydroxyl groups excluding tert-OH is 1. The van der Waals surface area contributed by atoms with Crippen LogP contribution in [0.15, 0.2) is 36.1 Å². The average molecular weight is 402 g/mol. The fourth-order valence-electron chi connectivity index (χ4n) is 2.94. The van der Waals surface area contributed by atoms with Gasteiger partial charge in [-0.2, -0.15) is 0 Å². The molecule has 9 nitrogen and oxygen atoms in total. The molecule has 0 aromatic heterocycles. The minimum atomic E-state index is -4.64. The van der Waals surface area contributed by atoms with Crippen LogP contribution in [0, 0.1) is 5.92 Å². The number of nitrogens with one attached hydrogen (secondary N) is 2. The van der Waals surface area contributed by atoms with Gasteiger partial charge in [0.05, 0.1) is 18.8 Å². The Morgan fingerprint density at radius 3 is 2.85 bits per heavy atom. The number of rotatable bonds is 8. The average Bonchev–Trinajstić information content (AvgIpc) is 2.91. The Labute approximate surface area is 158 Å². The summed E-state index contributed by atoms with van der Waals surface area (Å²) < 4.78 is 21.0. The molecule has 10 heteroatoms. The van der Waals surface area contributed by atoms with Crippen LogP contribution in [0.1, 0.15) is 20.3 Å². The summed E-state index contributed by atoms with van der Waals surface area (Å²) >= 11 is 0. The van der Waals surface area contributed by atoms with Gasteiger partial charge in [-0.05, 0) is 0 Å². The van der Waals surface area contributed by atoms with E-state index in [1.165, 1.54) is 0 Å². The fraction of sp³-hybridized carbons (Fsp3) is 0.588. The van der Waals surface area contributed by atoms with E-state index < -0.39 is 32.7 Å². The number of amides is 1. The Balaban J connectivity index is 2.04. The number of ether oxygens (including phenoxy) is 1. The normalized spacial score (nSPS) is 29.5. The van der Waals surface area contributed by atoms with E-state index in [2.05, 4.69) is 21.7 Å². The van der Waals surface area contributed by atoms with Crippen LogP contribution in [-0.4, -0.2) is 58.3 Å². The number of phosphoric acid groups is 1. The van der Waals surface area contributed by atoms with E-state index >= 15 is 0 Å². The molecule has 4 unspecified atom stereocenters. The Kier molecular flexibility index (Phi) is 7.53. The topological polar surface area (TPSA) is 137 Å². The van der Waals surface area contributed by atoms with E-state index in [1.54, 1.807) is 12.2 Å². The summed E-state index contributed by atoms with van der Waals surface area (Å²) in [5.41, 5.74) is 0.914. The van der Waals surface area contributed by atoms with Crippen molar-refractivity contribution in [3.05, 3.63) is 36.1 Å². The minimum absolute atomic E-state index is 0.233. The standard InChI is InChI=1S/C17H27N2O7P/c1-10(2)18-6-4-5-12-7-13(11(3)19-17(12)21)15-8-14(20)16(26-15)9-25-27(22,23)24/h4-5,7,10,13-16,18,20H,3,6,8-9H2,1-2H3,(H,19,21)(H2,22,23,24)/b5-4+. The van der Waals surface area contributed by atoms with Crippen molar-refractivity contribution in [2.75, 3.05) is 13.2 Å². The van der Waals surface area contributed by atoms with Crippen molar-refractivity contribution in [1.82, 2.24) is 10.6 Å². The Hall–Kier alpha value is -1.32. The molecule has 0 aromatic carbocycles. The molecule has 0 aromatic rings. The maximum atomic E-state index is 12.1. The van der Waals surface area contributed by atoms with E-state index in [0.717, 1.165) is 0 Å². The summed E-state index contributed by atoms with van der Waals surface area (Å²) in [5, 5.41) is 16.0. The number of aliphatic hydroxyl groups is 1. The Morgan fingerprint density at radius 2 is 2.22 bits per heavy atom. The molecule has 1 amide bonds. The first-order chi connectivity index (χ1) is 12.6. The highest BCUT2D eigenvalue weighted by molar-refractivity contribution is 7.46. The second-order valence-electron chi connectivity index (χ2n) is 6.89. The molecule has 0 aliphatic carbocycles. The van der Waals surface area contributed by atoms with Crippen LogP contribution in [0.5, 0.6) is 0 Å². The minimum Gasteiger partial charge on any atom is -0.390 e. The van der Waals surface area contributed by atoms with Crippen LogP contribution < -0.4 is 10.6 Å². The van der Waals surface area contributed by atoms with Crippen molar-refractivity contribution in [3.63, 3.8) is 0 Å². The summed E-state index contributed by atoms with van der Waals surface area (Å²) in [6.45, 7) is 8.09. The molecule has 5 N–H and O–H groups in total. The number of hydrogen-bond acceptors (Lipinski definition) is 6. The molecule has 0 bridgehead atoms. The maximum Gasteiger partial charge on any atom is 0.469 e. The zero-order valence-corrected chi connectivity index (χ0v) is 16.3. The lowest BCUT2D eigenvalue weighted by molar-refractivity contribution is -0.117. The van der Waals surface area contributed by atoms with Gasteiger partial charge in [-0.3, -0.25) is 9.32 Å². The van der Waals surface area contributed by atoms with Crippen molar-refractivity contribution in [1.29, 1.82) is 0 Å². The van der Waals surface area contributed by atoms with Crippen LogP contribution in [0.4, 0.5) is 0 Å². The first kappa shape index (κ1) is 22.0. The first-order valence-electron chi connectivity index (χ1n) is 8.72. The number of carbonyl (C=O) groups is 1. The van der Waals surface area contributed by atoms with Gasteiger partial charge < -0.3 is 30.3 Å². The van der Waals surface area contributed by atoms with Gasteiger partial charge in [0.2, 0.25) is 0 Å². The van der Waals surface area contributed by atoms with Gasteiger partial charge in [-0.1, -0.05) is 38.7 Å². The molecule has 2 heterocycles. The third-order valence-electron chi connectivity index (χ3n) is 4.30. The second kappa shape index (κ2) is 9.25. The zero-order valence-electron chi connectivity index (χ0n) is 15.4. The first-order valence-corrected chi connectivity index (χ1v) is 10.3. The molecule has 4 atom stereocenters. The van der Waals surface area contributed by atoms with Crippen LogP contribution in [0.25, 0.3) is 0 Å². The van der Waals surface area contributed by atoms with Crippen molar-refractivity contribution in [3.8, 4) is 0 Å². The smallest absolute Gasteiger partial charge is 0.390 e. The predicted molar refractivity (Wildman–Crippen MR) is 98.4 cm³/mol. The van der Waals surface area contributed by atoms with E-state index in [0.29, 0.717) is 23.9 Å². The number of phosphoric ester groups is 1. The lowest BCUT2D eigenvalue weighted by atomic mass is 9.90. The van der Waals surface area contributed by atoms with E-state index in [1.807, 2.05) is 19.9 Å². The van der Waals surface area contributed by atoms with Gasteiger partial charge in [-0.25, -0.2) is 4.57 Å². The van der Waals surface area contributed by atoms with E-state index in [-0.39, 0.29) is 18.2 Å². The van der Waals surface area contributed by atoms with Gasteiger partial charge in [0.25, 0.3) is 5.91 Å². The van der Waals surface area contributed by atoms with Gasteiger partial charge in [-0.15, -0.1) is 0 Å². The summed E-state index contributed by atoms with van der Waals surface area (Å²) in [6, 6.07) is 0.331. The molecule has 1 saturated heterocycles.